The lowest BCUT2D eigenvalue weighted by Gasteiger charge is -2.29. The number of amides is 2. The number of rotatable bonds is 4. The minimum absolute atomic E-state index is 0.0392. The molecule has 0 saturated heterocycles. The van der Waals surface area contributed by atoms with Crippen molar-refractivity contribution in [3.8, 4) is 0 Å². The van der Waals surface area contributed by atoms with Crippen LogP contribution in [0.1, 0.15) is 40.7 Å². The molecule has 6 nitrogen and oxygen atoms in total. The van der Waals surface area contributed by atoms with Gasteiger partial charge in [-0.1, -0.05) is 40.5 Å². The van der Waals surface area contributed by atoms with Crippen molar-refractivity contribution < 1.29 is 27.6 Å². The lowest BCUT2D eigenvalue weighted by atomic mass is 9.86. The predicted molar refractivity (Wildman–Crippen MR) is 111 cm³/mol. The molecular formula is C21H16Cl2F3N3O3. The Morgan fingerprint density at radius 1 is 1.03 bits per heavy atom. The molecular weight excluding hydrogens is 470 g/mol. The summed E-state index contributed by atoms with van der Waals surface area (Å²) in [5, 5.41) is 3.75. The van der Waals surface area contributed by atoms with E-state index in [1.165, 1.54) is 30.3 Å². The van der Waals surface area contributed by atoms with Crippen molar-refractivity contribution >= 4 is 40.7 Å². The zero-order valence-corrected chi connectivity index (χ0v) is 17.8. The smallest absolute Gasteiger partial charge is 0.374 e. The third-order valence-corrected chi connectivity index (χ3v) is 5.68. The van der Waals surface area contributed by atoms with Crippen LogP contribution in [-0.2, 0) is 15.2 Å². The van der Waals surface area contributed by atoms with Crippen molar-refractivity contribution in [2.75, 3.05) is 0 Å². The van der Waals surface area contributed by atoms with Gasteiger partial charge in [0, 0.05) is 33.5 Å². The third-order valence-electron chi connectivity index (χ3n) is 5.24. The Morgan fingerprint density at radius 2 is 1.66 bits per heavy atom. The predicted octanol–water partition coefficient (Wildman–Crippen LogP) is 4.75. The Bertz CT molecular complexity index is 1080. The number of hydrogen-bond donors (Lipinski definition) is 2. The van der Waals surface area contributed by atoms with Gasteiger partial charge in [-0.15, -0.1) is 0 Å². The first kappa shape index (κ1) is 22.4. The van der Waals surface area contributed by atoms with Gasteiger partial charge in [-0.25, -0.2) is 0 Å². The molecule has 2 N–H and O–H groups in total. The third kappa shape index (κ3) is 4.40. The van der Waals surface area contributed by atoms with Crippen molar-refractivity contribution in [2.45, 2.75) is 31.0 Å². The molecule has 0 aromatic heterocycles. The number of alkyl halides is 3. The summed E-state index contributed by atoms with van der Waals surface area (Å²) in [4.78, 5) is 28.7. The summed E-state index contributed by atoms with van der Waals surface area (Å²) in [6.45, 7) is 0. The van der Waals surface area contributed by atoms with Crippen LogP contribution >= 0.6 is 23.2 Å². The summed E-state index contributed by atoms with van der Waals surface area (Å²) in [6.07, 6.45) is -3.81. The van der Waals surface area contributed by atoms with E-state index in [-0.39, 0.29) is 38.7 Å². The first-order valence-electron chi connectivity index (χ1n) is 9.58. The van der Waals surface area contributed by atoms with Gasteiger partial charge in [-0.3, -0.25) is 20.4 Å². The van der Waals surface area contributed by atoms with Crippen LogP contribution in [0.3, 0.4) is 0 Å². The number of oxime groups is 1. The van der Waals surface area contributed by atoms with Gasteiger partial charge < -0.3 is 4.84 Å². The maximum absolute atomic E-state index is 14.1. The molecule has 1 unspecified atom stereocenters. The molecule has 1 atom stereocenters. The van der Waals surface area contributed by atoms with Crippen LogP contribution in [0.4, 0.5) is 13.2 Å². The molecule has 4 rings (SSSR count). The van der Waals surface area contributed by atoms with E-state index in [2.05, 4.69) is 16.0 Å². The van der Waals surface area contributed by atoms with Crippen LogP contribution in [0, 0.1) is 5.92 Å². The van der Waals surface area contributed by atoms with Gasteiger partial charge in [0.1, 0.15) is 0 Å². The summed E-state index contributed by atoms with van der Waals surface area (Å²) in [5.41, 5.74) is 2.26. The standard InChI is InChI=1S/C21H16Cl2F3N3O3/c22-15-7-14(8-16(23)9-15)20(21(24,25)26)10-17(29-32-20)11-1-3-12(4-2-11)18(30)27-28-19(31)13-5-6-13/h1-4,7-9,13H,5-6,10H2,(H,27,30)(H,28,31). The Kier molecular flexibility index (Phi) is 5.81. The zero-order chi connectivity index (χ0) is 23.1. The van der Waals surface area contributed by atoms with Crippen LogP contribution < -0.4 is 10.9 Å². The molecule has 0 bridgehead atoms. The maximum Gasteiger partial charge on any atom is 0.435 e. The molecule has 1 fully saturated rings. The Labute approximate surface area is 190 Å². The van der Waals surface area contributed by atoms with Gasteiger partial charge >= 0.3 is 6.18 Å². The largest absolute Gasteiger partial charge is 0.435 e. The molecule has 0 spiro atoms. The van der Waals surface area contributed by atoms with Gasteiger partial charge in [0.05, 0.1) is 5.71 Å². The van der Waals surface area contributed by atoms with Crippen LogP contribution in [0.2, 0.25) is 10.0 Å². The normalized spacial score (nSPS) is 20.3. The van der Waals surface area contributed by atoms with Gasteiger partial charge in [-0.05, 0) is 48.7 Å². The minimum Gasteiger partial charge on any atom is -0.374 e. The fourth-order valence-electron chi connectivity index (χ4n) is 3.30. The molecule has 1 aliphatic heterocycles. The van der Waals surface area contributed by atoms with E-state index in [4.69, 9.17) is 28.0 Å². The summed E-state index contributed by atoms with van der Waals surface area (Å²) in [5.74, 6) is -0.869. The molecule has 1 heterocycles. The maximum atomic E-state index is 14.1. The number of carbonyl (C=O) groups excluding carboxylic acids is 2. The van der Waals surface area contributed by atoms with E-state index in [0.717, 1.165) is 25.0 Å². The van der Waals surface area contributed by atoms with Gasteiger partial charge in [0.15, 0.2) is 0 Å². The molecule has 32 heavy (non-hydrogen) atoms. The fraction of sp³-hybridized carbons (Fsp3) is 0.286. The van der Waals surface area contributed by atoms with Gasteiger partial charge in [0.25, 0.3) is 11.5 Å². The molecule has 11 heteroatoms. The van der Waals surface area contributed by atoms with Crippen LogP contribution in [0.25, 0.3) is 0 Å². The van der Waals surface area contributed by atoms with Crippen LogP contribution in [0.15, 0.2) is 47.6 Å². The Morgan fingerprint density at radius 3 is 2.22 bits per heavy atom. The van der Waals surface area contributed by atoms with Crippen molar-refractivity contribution in [1.82, 2.24) is 10.9 Å². The first-order chi connectivity index (χ1) is 15.1. The van der Waals surface area contributed by atoms with E-state index < -0.39 is 24.1 Å². The molecule has 1 saturated carbocycles. The number of benzene rings is 2. The average molecular weight is 486 g/mol. The van der Waals surface area contributed by atoms with Crippen molar-refractivity contribution in [2.24, 2.45) is 11.1 Å². The van der Waals surface area contributed by atoms with Crippen molar-refractivity contribution in [3.05, 3.63) is 69.2 Å². The van der Waals surface area contributed by atoms with Gasteiger partial charge in [0.2, 0.25) is 5.91 Å². The molecule has 2 amide bonds. The monoisotopic (exact) mass is 485 g/mol. The molecule has 1 aliphatic carbocycles. The van der Waals surface area contributed by atoms with E-state index in [1.54, 1.807) is 0 Å². The highest BCUT2D eigenvalue weighted by atomic mass is 35.5. The average Bonchev–Trinajstić information content (AvgIpc) is 3.48. The highest BCUT2D eigenvalue weighted by Crippen LogP contribution is 2.49. The van der Waals surface area contributed by atoms with Crippen molar-refractivity contribution in [3.63, 3.8) is 0 Å². The topological polar surface area (TPSA) is 79.8 Å². The summed E-state index contributed by atoms with van der Waals surface area (Å²) < 4.78 is 42.2. The Balaban J connectivity index is 1.51. The number of halogens is 5. The second kappa shape index (κ2) is 8.29. The molecule has 0 radical (unpaired) electrons. The number of nitrogens with zero attached hydrogens (tertiary/aromatic N) is 1. The highest BCUT2D eigenvalue weighted by molar-refractivity contribution is 6.34. The van der Waals surface area contributed by atoms with Crippen LogP contribution in [0.5, 0.6) is 0 Å². The first-order valence-corrected chi connectivity index (χ1v) is 10.3. The lowest BCUT2D eigenvalue weighted by Crippen LogP contribution is -2.42. The summed E-state index contributed by atoms with van der Waals surface area (Å²) in [6, 6.07) is 9.35. The second-order valence-electron chi connectivity index (χ2n) is 7.58. The van der Waals surface area contributed by atoms with E-state index >= 15 is 0 Å². The molecule has 2 aliphatic rings. The van der Waals surface area contributed by atoms with E-state index in [9.17, 15) is 22.8 Å². The summed E-state index contributed by atoms with van der Waals surface area (Å²) in [7, 11) is 0. The van der Waals surface area contributed by atoms with E-state index in [1.807, 2.05) is 0 Å². The molecule has 2 aromatic rings. The number of nitrogens with one attached hydrogen (secondary N) is 2. The van der Waals surface area contributed by atoms with Gasteiger partial charge in [-0.2, -0.15) is 13.2 Å². The van der Waals surface area contributed by atoms with Crippen LogP contribution in [-0.4, -0.2) is 23.7 Å². The number of carbonyl (C=O) groups is 2. The van der Waals surface area contributed by atoms with E-state index in [0.29, 0.717) is 5.56 Å². The fourth-order valence-corrected chi connectivity index (χ4v) is 3.82. The molecule has 168 valence electrons. The second-order valence-corrected chi connectivity index (χ2v) is 8.46. The number of hydrazine groups is 1. The lowest BCUT2D eigenvalue weighted by molar-refractivity contribution is -0.275. The minimum atomic E-state index is -4.80. The summed E-state index contributed by atoms with van der Waals surface area (Å²) >= 11 is 11.8. The zero-order valence-electron chi connectivity index (χ0n) is 16.3. The Hall–Kier alpha value is -2.78. The number of hydrogen-bond acceptors (Lipinski definition) is 4. The molecule has 2 aromatic carbocycles. The van der Waals surface area contributed by atoms with Crippen molar-refractivity contribution in [1.29, 1.82) is 0 Å². The quantitative estimate of drug-likeness (QED) is 0.613. The SMILES string of the molecule is O=C(NNC(=O)C1CC1)c1ccc(C2=NOC(c3cc(Cl)cc(Cl)c3)(C(F)(F)F)C2)cc1. The highest BCUT2D eigenvalue weighted by Gasteiger charge is 2.62.